The van der Waals surface area contributed by atoms with Gasteiger partial charge in [-0.15, -0.1) is 0 Å². The van der Waals surface area contributed by atoms with Crippen LogP contribution in [0.2, 0.25) is 0 Å². The first-order chi connectivity index (χ1) is 6.36. The molecule has 1 aromatic carbocycles. The van der Waals surface area contributed by atoms with Gasteiger partial charge < -0.3 is 9.47 Å². The van der Waals surface area contributed by atoms with Gasteiger partial charge in [-0.3, -0.25) is 0 Å². The Bertz CT molecular complexity index is 258. The average Bonchev–Trinajstić information content (AvgIpc) is 2.19. The summed E-state index contributed by atoms with van der Waals surface area (Å²) in [5.41, 5.74) is 1.25. The maximum absolute atomic E-state index is 5.65. The monoisotopic (exact) mass is 178 g/mol. The van der Waals surface area contributed by atoms with Gasteiger partial charge in [0.05, 0.1) is 12.7 Å². The first-order valence-corrected chi connectivity index (χ1v) is 4.68. The third kappa shape index (κ3) is 2.08. The molecule has 13 heavy (non-hydrogen) atoms. The molecule has 0 radical (unpaired) electrons. The van der Waals surface area contributed by atoms with Crippen LogP contribution in [0.25, 0.3) is 0 Å². The van der Waals surface area contributed by atoms with Crippen molar-refractivity contribution in [1.82, 2.24) is 0 Å². The molecule has 2 atom stereocenters. The van der Waals surface area contributed by atoms with Crippen LogP contribution in [0.1, 0.15) is 25.0 Å². The summed E-state index contributed by atoms with van der Waals surface area (Å²) in [4.78, 5) is 0. The van der Waals surface area contributed by atoms with Crippen molar-refractivity contribution in [3.63, 3.8) is 0 Å². The van der Waals surface area contributed by atoms with Crippen molar-refractivity contribution >= 4 is 0 Å². The number of hydrogen-bond donors (Lipinski definition) is 0. The lowest BCUT2D eigenvalue weighted by Crippen LogP contribution is -2.24. The summed E-state index contributed by atoms with van der Waals surface area (Å²) in [7, 11) is 0. The molecule has 1 aliphatic heterocycles. The van der Waals surface area contributed by atoms with Crippen molar-refractivity contribution in [3.8, 4) is 0 Å². The van der Waals surface area contributed by atoms with Crippen molar-refractivity contribution in [2.45, 2.75) is 25.7 Å². The molecule has 0 spiro atoms. The summed E-state index contributed by atoms with van der Waals surface area (Å²) in [6.07, 6.45) is 1.10. The SMILES string of the molecule is CC1OCCC(c2ccccc2)O1. The van der Waals surface area contributed by atoms with Gasteiger partial charge >= 0.3 is 0 Å². The Morgan fingerprint density at radius 3 is 2.69 bits per heavy atom. The molecule has 0 bridgehead atoms. The van der Waals surface area contributed by atoms with Gasteiger partial charge in [-0.1, -0.05) is 30.3 Å². The average molecular weight is 178 g/mol. The summed E-state index contributed by atoms with van der Waals surface area (Å²) in [5, 5.41) is 0. The van der Waals surface area contributed by atoms with E-state index in [4.69, 9.17) is 9.47 Å². The lowest BCUT2D eigenvalue weighted by Gasteiger charge is -2.28. The van der Waals surface area contributed by atoms with Crippen molar-refractivity contribution in [3.05, 3.63) is 35.9 Å². The van der Waals surface area contributed by atoms with Gasteiger partial charge in [0.1, 0.15) is 0 Å². The molecular weight excluding hydrogens is 164 g/mol. The highest BCUT2D eigenvalue weighted by Gasteiger charge is 2.20. The fourth-order valence-electron chi connectivity index (χ4n) is 1.59. The summed E-state index contributed by atoms with van der Waals surface area (Å²) in [5.74, 6) is 0. The van der Waals surface area contributed by atoms with Crippen LogP contribution in [0.5, 0.6) is 0 Å². The number of benzene rings is 1. The van der Waals surface area contributed by atoms with Gasteiger partial charge in [0.15, 0.2) is 6.29 Å². The van der Waals surface area contributed by atoms with Crippen LogP contribution in [0.3, 0.4) is 0 Å². The normalized spacial score (nSPS) is 28.7. The van der Waals surface area contributed by atoms with Gasteiger partial charge in [-0.2, -0.15) is 0 Å². The molecule has 0 aliphatic carbocycles. The fourth-order valence-corrected chi connectivity index (χ4v) is 1.59. The maximum atomic E-state index is 5.65. The van der Waals surface area contributed by atoms with E-state index < -0.39 is 0 Å². The van der Waals surface area contributed by atoms with E-state index in [9.17, 15) is 0 Å². The smallest absolute Gasteiger partial charge is 0.155 e. The molecule has 2 nitrogen and oxygen atoms in total. The largest absolute Gasteiger partial charge is 0.353 e. The zero-order chi connectivity index (χ0) is 9.10. The Kier molecular flexibility index (Phi) is 2.62. The molecule has 0 saturated carbocycles. The zero-order valence-corrected chi connectivity index (χ0v) is 7.77. The van der Waals surface area contributed by atoms with Crippen LogP contribution < -0.4 is 0 Å². The highest BCUT2D eigenvalue weighted by molar-refractivity contribution is 5.17. The van der Waals surface area contributed by atoms with E-state index in [-0.39, 0.29) is 12.4 Å². The van der Waals surface area contributed by atoms with E-state index >= 15 is 0 Å². The van der Waals surface area contributed by atoms with E-state index in [2.05, 4.69) is 12.1 Å². The van der Waals surface area contributed by atoms with Crippen LogP contribution in [0.4, 0.5) is 0 Å². The van der Waals surface area contributed by atoms with Crippen molar-refractivity contribution in [2.24, 2.45) is 0 Å². The van der Waals surface area contributed by atoms with Crippen molar-refractivity contribution in [1.29, 1.82) is 0 Å². The van der Waals surface area contributed by atoms with Crippen LogP contribution in [0, 0.1) is 0 Å². The van der Waals surface area contributed by atoms with E-state index in [1.807, 2.05) is 25.1 Å². The van der Waals surface area contributed by atoms with E-state index in [0.717, 1.165) is 13.0 Å². The zero-order valence-electron chi connectivity index (χ0n) is 7.77. The Morgan fingerprint density at radius 1 is 1.23 bits per heavy atom. The third-order valence-electron chi connectivity index (χ3n) is 2.26. The topological polar surface area (TPSA) is 18.5 Å². The van der Waals surface area contributed by atoms with Crippen LogP contribution in [-0.4, -0.2) is 12.9 Å². The molecule has 2 heteroatoms. The van der Waals surface area contributed by atoms with Crippen LogP contribution in [-0.2, 0) is 9.47 Å². The number of hydrogen-bond acceptors (Lipinski definition) is 2. The molecule has 70 valence electrons. The second-order valence-corrected chi connectivity index (χ2v) is 3.26. The quantitative estimate of drug-likeness (QED) is 0.657. The van der Waals surface area contributed by atoms with Crippen molar-refractivity contribution in [2.75, 3.05) is 6.61 Å². The van der Waals surface area contributed by atoms with Crippen molar-refractivity contribution < 1.29 is 9.47 Å². The van der Waals surface area contributed by atoms with Gasteiger partial charge in [0.25, 0.3) is 0 Å². The lowest BCUT2D eigenvalue weighted by molar-refractivity contribution is -0.204. The van der Waals surface area contributed by atoms with Gasteiger partial charge in [0, 0.05) is 6.42 Å². The van der Waals surface area contributed by atoms with E-state index in [1.54, 1.807) is 0 Å². The predicted molar refractivity (Wildman–Crippen MR) is 50.3 cm³/mol. The molecule has 2 unspecified atom stereocenters. The third-order valence-corrected chi connectivity index (χ3v) is 2.26. The van der Waals surface area contributed by atoms with Gasteiger partial charge in [-0.05, 0) is 12.5 Å². The minimum atomic E-state index is -0.0704. The lowest BCUT2D eigenvalue weighted by atomic mass is 10.1. The molecule has 0 N–H and O–H groups in total. The second kappa shape index (κ2) is 3.90. The van der Waals surface area contributed by atoms with Crippen LogP contribution in [0.15, 0.2) is 30.3 Å². The summed E-state index contributed by atoms with van der Waals surface area (Å²) in [6, 6.07) is 10.3. The maximum Gasteiger partial charge on any atom is 0.155 e. The summed E-state index contributed by atoms with van der Waals surface area (Å²) in [6.45, 7) is 2.73. The highest BCUT2D eigenvalue weighted by atomic mass is 16.7. The molecule has 2 rings (SSSR count). The first kappa shape index (κ1) is 8.73. The highest BCUT2D eigenvalue weighted by Crippen LogP contribution is 2.26. The minimum Gasteiger partial charge on any atom is -0.353 e. The molecule has 1 fully saturated rings. The molecule has 1 aromatic rings. The molecule has 1 aliphatic rings. The second-order valence-electron chi connectivity index (χ2n) is 3.26. The summed E-state index contributed by atoms with van der Waals surface area (Å²) >= 11 is 0. The Morgan fingerprint density at radius 2 is 2.00 bits per heavy atom. The molecule has 1 heterocycles. The molecule has 1 saturated heterocycles. The molecular formula is C11H14O2. The molecule has 0 aromatic heterocycles. The van der Waals surface area contributed by atoms with Gasteiger partial charge in [0.2, 0.25) is 0 Å². The van der Waals surface area contributed by atoms with E-state index in [1.165, 1.54) is 5.56 Å². The van der Waals surface area contributed by atoms with Crippen LogP contribution >= 0.6 is 0 Å². The Hall–Kier alpha value is -0.860. The Labute approximate surface area is 78.5 Å². The minimum absolute atomic E-state index is 0.0704. The number of rotatable bonds is 1. The molecule has 0 amide bonds. The first-order valence-electron chi connectivity index (χ1n) is 4.68. The predicted octanol–water partition coefficient (Wildman–Crippen LogP) is 2.51. The van der Waals surface area contributed by atoms with Gasteiger partial charge in [-0.25, -0.2) is 0 Å². The van der Waals surface area contributed by atoms with E-state index in [0.29, 0.717) is 0 Å². The fraction of sp³-hybridized carbons (Fsp3) is 0.455. The Balaban J connectivity index is 2.08. The standard InChI is InChI=1S/C11H14O2/c1-9-12-8-7-11(13-9)10-5-3-2-4-6-10/h2-6,9,11H,7-8H2,1H3. The summed E-state index contributed by atoms with van der Waals surface area (Å²) < 4.78 is 11.0. The number of ether oxygens (including phenoxy) is 2.